The summed E-state index contributed by atoms with van der Waals surface area (Å²) >= 11 is 1.51. The Morgan fingerprint density at radius 2 is 2.25 bits per heavy atom. The van der Waals surface area contributed by atoms with Gasteiger partial charge >= 0.3 is 5.97 Å². The second-order valence-corrected chi connectivity index (χ2v) is 4.03. The van der Waals surface area contributed by atoms with E-state index in [-0.39, 0.29) is 12.4 Å². The number of hydrogen-bond acceptors (Lipinski definition) is 4. The lowest BCUT2D eigenvalue weighted by atomic mass is 10.3. The Bertz CT molecular complexity index is 462. The average molecular weight is 236 g/mol. The van der Waals surface area contributed by atoms with E-state index in [4.69, 9.17) is 4.74 Å². The normalized spacial score (nSPS) is 10.3. The number of hydrogen-bond donors (Lipinski definition) is 0. The van der Waals surface area contributed by atoms with Crippen LogP contribution in [0.1, 0.15) is 12.6 Å². The zero-order valence-electron chi connectivity index (χ0n) is 8.92. The highest BCUT2D eigenvalue weighted by atomic mass is 32.1. The lowest BCUT2D eigenvalue weighted by molar-refractivity contribution is -0.142. The summed E-state index contributed by atoms with van der Waals surface area (Å²) in [6.07, 6.45) is 4.09. The van der Waals surface area contributed by atoms with Gasteiger partial charge in [0.2, 0.25) is 0 Å². The summed E-state index contributed by atoms with van der Waals surface area (Å²) in [4.78, 5) is 15.6. The van der Waals surface area contributed by atoms with Gasteiger partial charge < -0.3 is 9.30 Å². The van der Waals surface area contributed by atoms with Crippen LogP contribution in [0.5, 0.6) is 0 Å². The second kappa shape index (κ2) is 4.94. The van der Waals surface area contributed by atoms with Crippen molar-refractivity contribution in [2.45, 2.75) is 13.3 Å². The van der Waals surface area contributed by atoms with E-state index in [1.165, 1.54) is 11.3 Å². The molecule has 0 aliphatic rings. The topological polar surface area (TPSA) is 44.1 Å². The first-order chi connectivity index (χ1) is 7.79. The number of carbonyl (C=O) groups excluding carboxylic acids is 1. The molecular weight excluding hydrogens is 224 g/mol. The fraction of sp³-hybridized carbons (Fsp3) is 0.273. The first-order valence-corrected chi connectivity index (χ1v) is 5.91. The molecule has 0 saturated carbocycles. The number of nitrogens with zero attached hydrogens (tertiary/aromatic N) is 2. The smallest absolute Gasteiger partial charge is 0.311 e. The molecule has 84 valence electrons. The van der Waals surface area contributed by atoms with Crippen LogP contribution in [0, 0.1) is 0 Å². The molecule has 0 bridgehead atoms. The number of aromatic nitrogens is 2. The molecule has 0 unspecified atom stereocenters. The van der Waals surface area contributed by atoms with Crippen molar-refractivity contribution in [3.05, 3.63) is 35.6 Å². The monoisotopic (exact) mass is 236 g/mol. The van der Waals surface area contributed by atoms with Crippen molar-refractivity contribution >= 4 is 17.3 Å². The Hall–Kier alpha value is -1.62. The van der Waals surface area contributed by atoms with Crippen LogP contribution in [0.15, 0.2) is 29.9 Å². The van der Waals surface area contributed by atoms with Gasteiger partial charge in [0.05, 0.1) is 18.7 Å². The van der Waals surface area contributed by atoms with Crippen LogP contribution in [0.2, 0.25) is 0 Å². The Morgan fingerprint density at radius 3 is 2.94 bits per heavy atom. The van der Waals surface area contributed by atoms with Gasteiger partial charge in [-0.25, -0.2) is 4.98 Å². The molecule has 2 aromatic heterocycles. The number of esters is 1. The summed E-state index contributed by atoms with van der Waals surface area (Å²) in [5.74, 6) is -0.230. The fourth-order valence-corrected chi connectivity index (χ4v) is 2.11. The predicted molar refractivity (Wildman–Crippen MR) is 61.8 cm³/mol. The van der Waals surface area contributed by atoms with Gasteiger partial charge in [-0.05, 0) is 19.1 Å². The third-order valence-electron chi connectivity index (χ3n) is 2.00. The molecule has 0 atom stereocenters. The molecule has 2 heterocycles. The van der Waals surface area contributed by atoms with Gasteiger partial charge in [-0.3, -0.25) is 4.79 Å². The van der Waals surface area contributed by atoms with E-state index >= 15 is 0 Å². The van der Waals surface area contributed by atoms with Crippen LogP contribution in [0.25, 0.3) is 5.13 Å². The largest absolute Gasteiger partial charge is 0.466 e. The minimum atomic E-state index is -0.230. The van der Waals surface area contributed by atoms with Crippen molar-refractivity contribution in [1.82, 2.24) is 9.55 Å². The van der Waals surface area contributed by atoms with E-state index in [0.29, 0.717) is 6.61 Å². The molecule has 0 N–H and O–H groups in total. The highest BCUT2D eigenvalue weighted by Gasteiger charge is 2.08. The Labute approximate surface area is 97.5 Å². The molecule has 0 fully saturated rings. The SMILES string of the molecule is CCOC(=O)Cc1csc(-n2cccc2)n1. The second-order valence-electron chi connectivity index (χ2n) is 3.19. The molecule has 5 heteroatoms. The van der Waals surface area contributed by atoms with Crippen molar-refractivity contribution in [1.29, 1.82) is 0 Å². The summed E-state index contributed by atoms with van der Waals surface area (Å²) in [6, 6.07) is 3.87. The molecule has 2 rings (SSSR count). The van der Waals surface area contributed by atoms with Crippen molar-refractivity contribution in [3.63, 3.8) is 0 Å². The van der Waals surface area contributed by atoms with Crippen LogP contribution in [0.3, 0.4) is 0 Å². The molecule has 16 heavy (non-hydrogen) atoms. The van der Waals surface area contributed by atoms with Gasteiger partial charge in [0.15, 0.2) is 5.13 Å². The van der Waals surface area contributed by atoms with Gasteiger partial charge in [0.1, 0.15) is 0 Å². The Kier molecular flexibility index (Phi) is 3.36. The van der Waals surface area contributed by atoms with Gasteiger partial charge in [-0.1, -0.05) is 0 Å². The molecule has 0 aromatic carbocycles. The summed E-state index contributed by atoms with van der Waals surface area (Å²) < 4.78 is 6.78. The molecule has 0 aliphatic carbocycles. The predicted octanol–water partition coefficient (Wildman–Crippen LogP) is 2.04. The third-order valence-corrected chi connectivity index (χ3v) is 2.90. The fourth-order valence-electron chi connectivity index (χ4n) is 1.32. The third kappa shape index (κ3) is 2.49. The number of ether oxygens (including phenoxy) is 1. The van der Waals surface area contributed by atoms with Crippen LogP contribution >= 0.6 is 11.3 Å². The van der Waals surface area contributed by atoms with E-state index in [1.807, 2.05) is 34.5 Å². The molecule has 0 aliphatic heterocycles. The van der Waals surface area contributed by atoms with Crippen molar-refractivity contribution in [2.75, 3.05) is 6.61 Å². The molecule has 0 spiro atoms. The molecular formula is C11H12N2O2S. The summed E-state index contributed by atoms with van der Waals surface area (Å²) in [5.41, 5.74) is 0.757. The number of carbonyl (C=O) groups is 1. The van der Waals surface area contributed by atoms with Crippen molar-refractivity contribution in [3.8, 4) is 5.13 Å². The van der Waals surface area contributed by atoms with Crippen molar-refractivity contribution < 1.29 is 9.53 Å². The van der Waals surface area contributed by atoms with Gasteiger partial charge in [-0.2, -0.15) is 0 Å². The zero-order chi connectivity index (χ0) is 11.4. The maximum Gasteiger partial charge on any atom is 0.311 e. The lowest BCUT2D eigenvalue weighted by Gasteiger charge is -1.98. The first-order valence-electron chi connectivity index (χ1n) is 5.03. The first kappa shape index (κ1) is 10.9. The summed E-state index contributed by atoms with van der Waals surface area (Å²) in [7, 11) is 0. The van der Waals surface area contributed by atoms with Crippen LogP contribution in [-0.4, -0.2) is 22.1 Å². The van der Waals surface area contributed by atoms with Gasteiger partial charge in [-0.15, -0.1) is 11.3 Å². The summed E-state index contributed by atoms with van der Waals surface area (Å²) in [6.45, 7) is 2.21. The van der Waals surface area contributed by atoms with E-state index < -0.39 is 0 Å². The minimum Gasteiger partial charge on any atom is -0.466 e. The van der Waals surface area contributed by atoms with Crippen LogP contribution in [-0.2, 0) is 16.0 Å². The van der Waals surface area contributed by atoms with Crippen LogP contribution < -0.4 is 0 Å². The van der Waals surface area contributed by atoms with Gasteiger partial charge in [0.25, 0.3) is 0 Å². The Morgan fingerprint density at radius 1 is 1.50 bits per heavy atom. The van der Waals surface area contributed by atoms with Crippen LogP contribution in [0.4, 0.5) is 0 Å². The van der Waals surface area contributed by atoms with E-state index in [9.17, 15) is 4.79 Å². The molecule has 4 nitrogen and oxygen atoms in total. The van der Waals surface area contributed by atoms with E-state index in [2.05, 4.69) is 4.98 Å². The molecule has 0 amide bonds. The van der Waals surface area contributed by atoms with Gasteiger partial charge in [0, 0.05) is 17.8 Å². The lowest BCUT2D eigenvalue weighted by Crippen LogP contribution is -2.07. The molecule has 2 aromatic rings. The average Bonchev–Trinajstić information content (AvgIpc) is 2.86. The quantitative estimate of drug-likeness (QED) is 0.763. The molecule has 0 radical (unpaired) electrons. The minimum absolute atomic E-state index is 0.230. The standard InChI is InChI=1S/C11H12N2O2S/c1-2-15-10(14)7-9-8-16-11(12-9)13-5-3-4-6-13/h3-6,8H,2,7H2,1H3. The van der Waals surface area contributed by atoms with E-state index in [1.54, 1.807) is 6.92 Å². The summed E-state index contributed by atoms with van der Waals surface area (Å²) in [5, 5.41) is 2.75. The number of rotatable bonds is 4. The number of thiazole rings is 1. The molecule has 0 saturated heterocycles. The maximum atomic E-state index is 11.2. The highest BCUT2D eigenvalue weighted by Crippen LogP contribution is 2.15. The van der Waals surface area contributed by atoms with E-state index in [0.717, 1.165) is 10.8 Å². The van der Waals surface area contributed by atoms with Crippen molar-refractivity contribution in [2.24, 2.45) is 0 Å². The highest BCUT2D eigenvalue weighted by molar-refractivity contribution is 7.12. The maximum absolute atomic E-state index is 11.2. The zero-order valence-corrected chi connectivity index (χ0v) is 9.74. The Balaban J connectivity index is 2.06.